The fraction of sp³-hybridized carbons (Fsp3) is 0.286. The molecule has 18 heavy (non-hydrogen) atoms. The summed E-state index contributed by atoms with van der Waals surface area (Å²) in [6.45, 7) is 6.00. The van der Waals surface area contributed by atoms with Crippen LogP contribution >= 0.6 is 15.9 Å². The molecular formula is C14H15BrN2O. The van der Waals surface area contributed by atoms with Gasteiger partial charge in [0.1, 0.15) is 16.2 Å². The van der Waals surface area contributed by atoms with E-state index in [0.717, 1.165) is 33.0 Å². The summed E-state index contributed by atoms with van der Waals surface area (Å²) < 4.78 is 6.25. The Balaban J connectivity index is 2.69. The molecule has 0 saturated carbocycles. The van der Waals surface area contributed by atoms with Crippen LogP contribution < -0.4 is 4.74 Å². The van der Waals surface area contributed by atoms with Crippen LogP contribution in [0.1, 0.15) is 17.0 Å². The summed E-state index contributed by atoms with van der Waals surface area (Å²) in [6.07, 6.45) is 0. The Morgan fingerprint density at radius 1 is 1.06 bits per heavy atom. The average Bonchev–Trinajstić information content (AvgIpc) is 2.26. The number of methoxy groups -OCH3 is 1. The van der Waals surface area contributed by atoms with Crippen molar-refractivity contribution in [1.29, 1.82) is 0 Å². The summed E-state index contributed by atoms with van der Waals surface area (Å²) in [4.78, 5) is 8.71. The van der Waals surface area contributed by atoms with Crippen molar-refractivity contribution in [2.24, 2.45) is 0 Å². The van der Waals surface area contributed by atoms with Crippen molar-refractivity contribution >= 4 is 15.9 Å². The maximum Gasteiger partial charge on any atom is 0.128 e. The molecule has 94 valence electrons. The highest BCUT2D eigenvalue weighted by Gasteiger charge is 2.12. The van der Waals surface area contributed by atoms with Crippen molar-refractivity contribution in [2.45, 2.75) is 20.8 Å². The minimum Gasteiger partial charge on any atom is -0.496 e. The Kier molecular flexibility index (Phi) is 3.66. The third-order valence-electron chi connectivity index (χ3n) is 2.73. The van der Waals surface area contributed by atoms with Crippen LogP contribution in [0.5, 0.6) is 5.75 Å². The second-order valence-corrected chi connectivity index (χ2v) is 5.09. The van der Waals surface area contributed by atoms with Crippen molar-refractivity contribution < 1.29 is 4.74 Å². The van der Waals surface area contributed by atoms with Gasteiger partial charge in [0.15, 0.2) is 0 Å². The van der Waals surface area contributed by atoms with Gasteiger partial charge in [-0.1, -0.05) is 6.07 Å². The molecule has 0 spiro atoms. The third-order valence-corrected chi connectivity index (χ3v) is 3.13. The first-order chi connectivity index (χ1) is 8.51. The number of hydrogen-bond acceptors (Lipinski definition) is 3. The summed E-state index contributed by atoms with van der Waals surface area (Å²) >= 11 is 3.40. The number of benzene rings is 1. The number of hydrogen-bond donors (Lipinski definition) is 0. The van der Waals surface area contributed by atoms with Gasteiger partial charge in [0.25, 0.3) is 0 Å². The van der Waals surface area contributed by atoms with E-state index in [2.05, 4.69) is 45.8 Å². The molecule has 0 bridgehead atoms. The highest BCUT2D eigenvalue weighted by Crippen LogP contribution is 2.33. The van der Waals surface area contributed by atoms with Crippen LogP contribution in [0.3, 0.4) is 0 Å². The fourth-order valence-corrected chi connectivity index (χ4v) is 2.55. The lowest BCUT2D eigenvalue weighted by Crippen LogP contribution is -1.97. The quantitative estimate of drug-likeness (QED) is 0.791. The number of aryl methyl sites for hydroxylation is 3. The monoisotopic (exact) mass is 306 g/mol. The second kappa shape index (κ2) is 5.06. The molecule has 0 aliphatic carbocycles. The number of ether oxygens (including phenoxy) is 1. The molecule has 2 aromatic rings. The zero-order chi connectivity index (χ0) is 13.3. The molecule has 0 radical (unpaired) electrons. The molecule has 0 saturated heterocycles. The van der Waals surface area contributed by atoms with Crippen LogP contribution in [0, 0.1) is 20.8 Å². The van der Waals surface area contributed by atoms with E-state index in [1.54, 1.807) is 7.11 Å². The van der Waals surface area contributed by atoms with Crippen LogP contribution in [-0.4, -0.2) is 17.1 Å². The first-order valence-corrected chi connectivity index (χ1v) is 6.47. The smallest absolute Gasteiger partial charge is 0.128 e. The summed E-state index contributed by atoms with van der Waals surface area (Å²) in [5, 5.41) is 0. The van der Waals surface area contributed by atoms with Crippen LogP contribution in [0.15, 0.2) is 22.8 Å². The Labute approximate surface area is 115 Å². The summed E-state index contributed by atoms with van der Waals surface area (Å²) in [5.41, 5.74) is 4.23. The van der Waals surface area contributed by atoms with Gasteiger partial charge in [-0.2, -0.15) is 0 Å². The predicted molar refractivity (Wildman–Crippen MR) is 75.9 cm³/mol. The number of halogens is 1. The van der Waals surface area contributed by atoms with Gasteiger partial charge < -0.3 is 4.74 Å². The molecule has 0 unspecified atom stereocenters. The van der Waals surface area contributed by atoms with Gasteiger partial charge >= 0.3 is 0 Å². The first kappa shape index (κ1) is 13.0. The van der Waals surface area contributed by atoms with Crippen molar-refractivity contribution in [3.8, 4) is 17.0 Å². The van der Waals surface area contributed by atoms with E-state index in [9.17, 15) is 0 Å². The van der Waals surface area contributed by atoms with Gasteiger partial charge in [-0.05, 0) is 60.0 Å². The lowest BCUT2D eigenvalue weighted by Gasteiger charge is -2.13. The third kappa shape index (κ3) is 2.53. The zero-order valence-corrected chi connectivity index (χ0v) is 12.5. The highest BCUT2D eigenvalue weighted by atomic mass is 79.9. The number of aromatic nitrogens is 2. The molecule has 3 nitrogen and oxygen atoms in total. The van der Waals surface area contributed by atoms with E-state index in [4.69, 9.17) is 4.74 Å². The Hall–Kier alpha value is -1.42. The Morgan fingerprint density at radius 3 is 2.39 bits per heavy atom. The van der Waals surface area contributed by atoms with Crippen molar-refractivity contribution in [3.05, 3.63) is 39.8 Å². The predicted octanol–water partition coefficient (Wildman–Crippen LogP) is 3.84. The largest absolute Gasteiger partial charge is 0.496 e. The normalized spacial score (nSPS) is 10.5. The van der Waals surface area contributed by atoms with Gasteiger partial charge in [0, 0.05) is 5.56 Å². The molecule has 0 amide bonds. The summed E-state index contributed by atoms with van der Waals surface area (Å²) in [5.74, 6) is 1.58. The highest BCUT2D eigenvalue weighted by molar-refractivity contribution is 9.10. The second-order valence-electron chi connectivity index (χ2n) is 4.28. The fourth-order valence-electron chi connectivity index (χ4n) is 2.08. The Morgan fingerprint density at radius 2 is 1.78 bits per heavy atom. The van der Waals surface area contributed by atoms with Gasteiger partial charge in [0.05, 0.1) is 12.8 Å². The number of nitrogens with zero attached hydrogens (tertiary/aromatic N) is 2. The van der Waals surface area contributed by atoms with E-state index in [-0.39, 0.29) is 0 Å². The molecule has 0 aliphatic rings. The zero-order valence-electron chi connectivity index (χ0n) is 10.9. The maximum absolute atomic E-state index is 5.47. The molecule has 0 N–H and O–H groups in total. The van der Waals surface area contributed by atoms with E-state index in [1.165, 1.54) is 5.56 Å². The minimum atomic E-state index is 0.737. The summed E-state index contributed by atoms with van der Waals surface area (Å²) in [7, 11) is 1.68. The average molecular weight is 307 g/mol. The summed E-state index contributed by atoms with van der Waals surface area (Å²) in [6, 6.07) is 6.06. The van der Waals surface area contributed by atoms with Gasteiger partial charge in [0.2, 0.25) is 0 Å². The van der Waals surface area contributed by atoms with Crippen LogP contribution in [0.25, 0.3) is 11.3 Å². The molecule has 0 atom stereocenters. The molecule has 0 aliphatic heterocycles. The van der Waals surface area contributed by atoms with Crippen molar-refractivity contribution in [1.82, 2.24) is 9.97 Å². The van der Waals surface area contributed by atoms with E-state index in [1.807, 2.05) is 19.1 Å². The van der Waals surface area contributed by atoms with E-state index in [0.29, 0.717) is 0 Å². The van der Waals surface area contributed by atoms with Crippen LogP contribution in [0.4, 0.5) is 0 Å². The van der Waals surface area contributed by atoms with Crippen molar-refractivity contribution in [3.63, 3.8) is 0 Å². The standard InChI is InChI=1S/C14H15BrN2O/c1-8-5-9(2)14(12(6-8)18-4)11-7-13(15)17-10(3)16-11/h5-7H,1-4H3. The minimum absolute atomic E-state index is 0.737. The molecule has 0 fully saturated rings. The molecular weight excluding hydrogens is 292 g/mol. The van der Waals surface area contributed by atoms with Crippen LogP contribution in [0.2, 0.25) is 0 Å². The molecule has 1 heterocycles. The van der Waals surface area contributed by atoms with Crippen LogP contribution in [-0.2, 0) is 0 Å². The molecule has 4 heteroatoms. The van der Waals surface area contributed by atoms with Gasteiger partial charge in [-0.25, -0.2) is 9.97 Å². The molecule has 2 rings (SSSR count). The number of rotatable bonds is 2. The topological polar surface area (TPSA) is 35.0 Å². The van der Waals surface area contributed by atoms with E-state index >= 15 is 0 Å². The first-order valence-electron chi connectivity index (χ1n) is 5.68. The lowest BCUT2D eigenvalue weighted by atomic mass is 10.0. The molecule has 1 aromatic heterocycles. The SMILES string of the molecule is COc1cc(C)cc(C)c1-c1cc(Br)nc(C)n1. The Bertz CT molecular complexity index is 576. The van der Waals surface area contributed by atoms with E-state index < -0.39 is 0 Å². The lowest BCUT2D eigenvalue weighted by molar-refractivity contribution is 0.415. The maximum atomic E-state index is 5.47. The van der Waals surface area contributed by atoms with Gasteiger partial charge in [-0.3, -0.25) is 0 Å². The molecule has 1 aromatic carbocycles. The van der Waals surface area contributed by atoms with Crippen molar-refractivity contribution in [2.75, 3.05) is 7.11 Å². The van der Waals surface area contributed by atoms with Gasteiger partial charge in [-0.15, -0.1) is 0 Å².